The predicted octanol–water partition coefficient (Wildman–Crippen LogP) is 3.65. The first kappa shape index (κ1) is 17.8. The van der Waals surface area contributed by atoms with Gasteiger partial charge in [-0.1, -0.05) is 43.2 Å². The molecule has 21 heavy (non-hydrogen) atoms. The quantitative estimate of drug-likeness (QED) is 0.355. The van der Waals surface area contributed by atoms with E-state index in [1.807, 2.05) is 6.07 Å². The monoisotopic (exact) mass is 308 g/mol. The van der Waals surface area contributed by atoms with Gasteiger partial charge in [0.15, 0.2) is 5.78 Å². The van der Waals surface area contributed by atoms with Crippen molar-refractivity contribution in [2.45, 2.75) is 38.5 Å². The van der Waals surface area contributed by atoms with Crippen LogP contribution in [-0.4, -0.2) is 30.4 Å². The second-order valence-electron chi connectivity index (χ2n) is 4.99. The smallest absolute Gasteiger partial charge is 0.313 e. The van der Waals surface area contributed by atoms with E-state index in [4.69, 9.17) is 0 Å². The summed E-state index contributed by atoms with van der Waals surface area (Å²) in [6.07, 6.45) is 5.82. The number of Topliss-reactive ketones (excluding diaryl/α,β-unsaturated/α-hetero) is 1. The summed E-state index contributed by atoms with van der Waals surface area (Å²) >= 11 is 1.61. The molecule has 0 atom stereocenters. The third-order valence-corrected chi connectivity index (χ3v) is 4.28. The van der Waals surface area contributed by atoms with E-state index < -0.39 is 5.97 Å². The number of ether oxygens (including phenoxy) is 1. The van der Waals surface area contributed by atoms with Gasteiger partial charge < -0.3 is 4.74 Å². The van der Waals surface area contributed by atoms with Crippen molar-refractivity contribution in [3.63, 3.8) is 0 Å². The van der Waals surface area contributed by atoms with Gasteiger partial charge in [-0.3, -0.25) is 9.59 Å². The maximum Gasteiger partial charge on any atom is 0.313 e. The van der Waals surface area contributed by atoms with Crippen LogP contribution in [0.15, 0.2) is 30.3 Å². The molecule has 1 aromatic carbocycles. The summed E-state index contributed by atoms with van der Waals surface area (Å²) in [5, 5.41) is 0. The van der Waals surface area contributed by atoms with Crippen molar-refractivity contribution in [2.24, 2.45) is 0 Å². The predicted molar refractivity (Wildman–Crippen MR) is 87.6 cm³/mol. The Labute approximate surface area is 131 Å². The first-order chi connectivity index (χ1) is 10.2. The number of thioether (sulfide) groups is 1. The molecule has 0 aliphatic heterocycles. The molecule has 0 heterocycles. The number of methoxy groups -OCH3 is 1. The van der Waals surface area contributed by atoms with Gasteiger partial charge in [0.2, 0.25) is 0 Å². The van der Waals surface area contributed by atoms with E-state index in [2.05, 4.69) is 29.0 Å². The summed E-state index contributed by atoms with van der Waals surface area (Å²) in [6.45, 7) is 0. The van der Waals surface area contributed by atoms with Crippen molar-refractivity contribution in [3.8, 4) is 0 Å². The number of unbranched alkanes of at least 4 members (excludes halogenated alkanes) is 3. The Morgan fingerprint density at radius 3 is 2.48 bits per heavy atom. The minimum Gasteiger partial charge on any atom is -0.469 e. The fraction of sp³-hybridized carbons (Fsp3) is 0.529. The molecule has 0 saturated carbocycles. The summed E-state index contributed by atoms with van der Waals surface area (Å²) in [5.74, 6) is 0.912. The molecule has 0 bridgehead atoms. The standard InChI is InChI=1S/C17H24O3S/c1-20-17(19)13-16(18)14-21-12-8-3-2-5-9-15-10-6-4-7-11-15/h4,6-7,10-11H,2-3,5,8-9,12-14H2,1H3. The summed E-state index contributed by atoms with van der Waals surface area (Å²) in [7, 11) is 1.30. The Morgan fingerprint density at radius 2 is 1.76 bits per heavy atom. The number of benzene rings is 1. The molecule has 0 spiro atoms. The van der Waals surface area contributed by atoms with E-state index in [0.717, 1.165) is 18.6 Å². The maximum atomic E-state index is 11.4. The van der Waals surface area contributed by atoms with Crippen molar-refractivity contribution < 1.29 is 14.3 Å². The number of carbonyl (C=O) groups excluding carboxylic acids is 2. The van der Waals surface area contributed by atoms with Crippen molar-refractivity contribution in [1.82, 2.24) is 0 Å². The molecular formula is C17H24O3S. The van der Waals surface area contributed by atoms with Crippen molar-refractivity contribution >= 4 is 23.5 Å². The van der Waals surface area contributed by atoms with Crippen LogP contribution in [0.2, 0.25) is 0 Å². The van der Waals surface area contributed by atoms with Crippen molar-refractivity contribution in [2.75, 3.05) is 18.6 Å². The van der Waals surface area contributed by atoms with Gasteiger partial charge in [-0.05, 0) is 30.6 Å². The topological polar surface area (TPSA) is 43.4 Å². The number of esters is 1. The lowest BCUT2D eigenvalue weighted by Crippen LogP contribution is -2.11. The molecule has 0 amide bonds. The number of aryl methyl sites for hydroxylation is 1. The van der Waals surface area contributed by atoms with Crippen LogP contribution >= 0.6 is 11.8 Å². The van der Waals surface area contributed by atoms with Crippen LogP contribution in [0, 0.1) is 0 Å². The number of rotatable bonds is 11. The number of carbonyl (C=O) groups is 2. The van der Waals surface area contributed by atoms with E-state index in [9.17, 15) is 9.59 Å². The van der Waals surface area contributed by atoms with E-state index >= 15 is 0 Å². The Balaban J connectivity index is 1.91. The van der Waals surface area contributed by atoms with Crippen molar-refractivity contribution in [3.05, 3.63) is 35.9 Å². The second kappa shape index (κ2) is 11.4. The molecule has 116 valence electrons. The summed E-state index contributed by atoms with van der Waals surface area (Å²) in [4.78, 5) is 22.3. The highest BCUT2D eigenvalue weighted by molar-refractivity contribution is 7.99. The third-order valence-electron chi connectivity index (χ3n) is 3.18. The maximum absolute atomic E-state index is 11.4. The minimum atomic E-state index is -0.443. The lowest BCUT2D eigenvalue weighted by atomic mass is 10.1. The lowest BCUT2D eigenvalue weighted by molar-refractivity contribution is -0.142. The molecule has 0 aliphatic carbocycles. The summed E-state index contributed by atoms with van der Waals surface area (Å²) in [5.41, 5.74) is 1.40. The zero-order valence-electron chi connectivity index (χ0n) is 12.7. The Morgan fingerprint density at radius 1 is 1.05 bits per heavy atom. The highest BCUT2D eigenvalue weighted by Crippen LogP contribution is 2.11. The molecule has 0 unspecified atom stereocenters. The Hall–Kier alpha value is -1.29. The van der Waals surface area contributed by atoms with Gasteiger partial charge in [-0.15, -0.1) is 0 Å². The molecule has 1 aromatic rings. The van der Waals surface area contributed by atoms with E-state index in [-0.39, 0.29) is 12.2 Å². The molecule has 4 heteroatoms. The van der Waals surface area contributed by atoms with Crippen LogP contribution in [0.25, 0.3) is 0 Å². The average Bonchev–Trinajstić information content (AvgIpc) is 2.50. The molecule has 1 rings (SSSR count). The first-order valence-electron chi connectivity index (χ1n) is 7.42. The zero-order chi connectivity index (χ0) is 15.3. The van der Waals surface area contributed by atoms with E-state index in [1.54, 1.807) is 11.8 Å². The highest BCUT2D eigenvalue weighted by atomic mass is 32.2. The van der Waals surface area contributed by atoms with Crippen molar-refractivity contribution in [1.29, 1.82) is 0 Å². The fourth-order valence-electron chi connectivity index (χ4n) is 2.00. The molecule has 0 fully saturated rings. The SMILES string of the molecule is COC(=O)CC(=O)CSCCCCCCc1ccccc1. The van der Waals surface area contributed by atoms with Gasteiger partial charge in [0.05, 0.1) is 12.9 Å². The normalized spacial score (nSPS) is 10.3. The van der Waals surface area contributed by atoms with Crippen LogP contribution in [0.3, 0.4) is 0 Å². The fourth-order valence-corrected chi connectivity index (χ4v) is 2.88. The van der Waals surface area contributed by atoms with Gasteiger partial charge in [-0.25, -0.2) is 0 Å². The number of hydrogen-bond donors (Lipinski definition) is 0. The van der Waals surface area contributed by atoms with E-state index in [0.29, 0.717) is 5.75 Å². The largest absolute Gasteiger partial charge is 0.469 e. The third kappa shape index (κ3) is 9.29. The van der Waals surface area contributed by atoms with Gasteiger partial charge in [0.1, 0.15) is 6.42 Å². The molecule has 0 radical (unpaired) electrons. The van der Waals surface area contributed by atoms with Gasteiger partial charge >= 0.3 is 5.97 Å². The average molecular weight is 308 g/mol. The number of ketones is 1. The summed E-state index contributed by atoms with van der Waals surface area (Å²) < 4.78 is 4.46. The Bertz CT molecular complexity index is 417. The lowest BCUT2D eigenvalue weighted by Gasteiger charge is -2.03. The molecule has 0 aromatic heterocycles. The van der Waals surface area contributed by atoms with Gasteiger partial charge in [0.25, 0.3) is 0 Å². The first-order valence-corrected chi connectivity index (χ1v) is 8.58. The zero-order valence-corrected chi connectivity index (χ0v) is 13.5. The highest BCUT2D eigenvalue weighted by Gasteiger charge is 2.08. The molecule has 0 N–H and O–H groups in total. The molecule has 0 aliphatic rings. The van der Waals surface area contributed by atoms with E-state index in [1.165, 1.54) is 31.9 Å². The van der Waals surface area contributed by atoms with Crippen LogP contribution in [-0.2, 0) is 20.7 Å². The van der Waals surface area contributed by atoms with Gasteiger partial charge in [0, 0.05) is 0 Å². The molecule has 0 saturated heterocycles. The summed E-state index contributed by atoms with van der Waals surface area (Å²) in [6, 6.07) is 10.5. The second-order valence-corrected chi connectivity index (χ2v) is 6.10. The van der Waals surface area contributed by atoms with Crippen LogP contribution in [0.4, 0.5) is 0 Å². The van der Waals surface area contributed by atoms with Gasteiger partial charge in [-0.2, -0.15) is 11.8 Å². The van der Waals surface area contributed by atoms with Crippen LogP contribution in [0.5, 0.6) is 0 Å². The Kier molecular flexibility index (Phi) is 9.62. The molecule has 3 nitrogen and oxygen atoms in total. The van der Waals surface area contributed by atoms with Crippen LogP contribution in [0.1, 0.15) is 37.7 Å². The minimum absolute atomic E-state index is 0.0454. The number of hydrogen-bond acceptors (Lipinski definition) is 4. The van der Waals surface area contributed by atoms with Crippen LogP contribution < -0.4 is 0 Å². The molecular weight excluding hydrogens is 284 g/mol.